The maximum atomic E-state index is 10.1. The Labute approximate surface area is 93.1 Å². The lowest BCUT2D eigenvalue weighted by Gasteiger charge is -2.44. The van der Waals surface area contributed by atoms with Crippen LogP contribution in [-0.2, 0) is 0 Å². The second-order valence-corrected chi connectivity index (χ2v) is 4.24. The average Bonchev–Trinajstić information content (AvgIpc) is 2.29. The summed E-state index contributed by atoms with van der Waals surface area (Å²) in [7, 11) is 0. The van der Waals surface area contributed by atoms with Crippen molar-refractivity contribution in [3.63, 3.8) is 0 Å². The van der Waals surface area contributed by atoms with Gasteiger partial charge in [-0.05, 0) is 25.7 Å². The summed E-state index contributed by atoms with van der Waals surface area (Å²) in [6, 6.07) is 0. The first-order chi connectivity index (χ1) is 7.00. The van der Waals surface area contributed by atoms with Crippen molar-refractivity contribution < 1.29 is 15.3 Å². The minimum atomic E-state index is -0.766. The number of hydrogen-bond acceptors (Lipinski definition) is 3. The first kappa shape index (κ1) is 14.9. The van der Waals surface area contributed by atoms with Crippen LogP contribution in [0.15, 0.2) is 0 Å². The van der Waals surface area contributed by atoms with Crippen molar-refractivity contribution in [1.29, 1.82) is 0 Å². The minimum Gasteiger partial charge on any atom is -0.392 e. The van der Waals surface area contributed by atoms with Crippen LogP contribution in [0.2, 0.25) is 0 Å². The van der Waals surface area contributed by atoms with Crippen molar-refractivity contribution in [2.75, 3.05) is 0 Å². The molecule has 0 aliphatic carbocycles. The number of hydrogen-bond donors (Lipinski definition) is 3. The van der Waals surface area contributed by atoms with Crippen molar-refractivity contribution in [2.45, 2.75) is 71.7 Å². The quantitative estimate of drug-likeness (QED) is 0.609. The standard InChI is InChI=1S/C12H26O3/c1-5-9(13)12(8-4,10(14)6-2)11(15)7-3/h9-11,13-15H,5-8H2,1-4H3. The zero-order valence-electron chi connectivity index (χ0n) is 10.4. The van der Waals surface area contributed by atoms with Crippen LogP contribution in [0.3, 0.4) is 0 Å². The maximum absolute atomic E-state index is 10.1. The number of aliphatic hydroxyl groups excluding tert-OH is 3. The molecule has 0 aliphatic heterocycles. The van der Waals surface area contributed by atoms with Gasteiger partial charge in [-0.3, -0.25) is 0 Å². The van der Waals surface area contributed by atoms with E-state index in [0.717, 1.165) is 0 Å². The van der Waals surface area contributed by atoms with Gasteiger partial charge in [-0.25, -0.2) is 0 Å². The van der Waals surface area contributed by atoms with Crippen molar-refractivity contribution in [3.8, 4) is 0 Å². The fourth-order valence-corrected chi connectivity index (χ4v) is 2.51. The lowest BCUT2D eigenvalue weighted by Crippen LogP contribution is -2.52. The summed E-state index contributed by atoms with van der Waals surface area (Å²) in [5.74, 6) is 0. The normalized spacial score (nSPS) is 21.8. The fourth-order valence-electron chi connectivity index (χ4n) is 2.51. The topological polar surface area (TPSA) is 60.7 Å². The van der Waals surface area contributed by atoms with Gasteiger partial charge in [0, 0.05) is 5.41 Å². The molecule has 0 fully saturated rings. The molecule has 0 saturated carbocycles. The Morgan fingerprint density at radius 1 is 0.733 bits per heavy atom. The van der Waals surface area contributed by atoms with Crippen LogP contribution in [0.1, 0.15) is 53.4 Å². The van der Waals surface area contributed by atoms with Crippen LogP contribution < -0.4 is 0 Å². The molecule has 0 rings (SSSR count). The van der Waals surface area contributed by atoms with E-state index in [-0.39, 0.29) is 0 Å². The highest BCUT2D eigenvalue weighted by Crippen LogP contribution is 2.39. The van der Waals surface area contributed by atoms with Crippen LogP contribution in [0, 0.1) is 5.41 Å². The molecule has 3 unspecified atom stereocenters. The number of aliphatic hydroxyl groups is 3. The van der Waals surface area contributed by atoms with E-state index >= 15 is 0 Å². The zero-order valence-corrected chi connectivity index (χ0v) is 10.4. The fraction of sp³-hybridized carbons (Fsp3) is 1.00. The molecule has 3 nitrogen and oxygen atoms in total. The molecule has 0 aromatic heterocycles. The molecule has 0 saturated heterocycles. The molecular weight excluding hydrogens is 192 g/mol. The summed E-state index contributed by atoms with van der Waals surface area (Å²) in [6.07, 6.45) is 0.324. The van der Waals surface area contributed by atoms with E-state index in [1.165, 1.54) is 0 Å². The maximum Gasteiger partial charge on any atom is 0.0643 e. The van der Waals surface area contributed by atoms with E-state index in [1.54, 1.807) is 0 Å². The Morgan fingerprint density at radius 3 is 1.13 bits per heavy atom. The van der Waals surface area contributed by atoms with E-state index in [0.29, 0.717) is 25.7 Å². The predicted molar refractivity (Wildman–Crippen MR) is 61.6 cm³/mol. The van der Waals surface area contributed by atoms with Crippen molar-refractivity contribution in [1.82, 2.24) is 0 Å². The summed E-state index contributed by atoms with van der Waals surface area (Å²) in [6.45, 7) is 7.54. The minimum absolute atomic E-state index is 0.558. The van der Waals surface area contributed by atoms with Gasteiger partial charge >= 0.3 is 0 Å². The molecule has 0 spiro atoms. The lowest BCUT2D eigenvalue weighted by atomic mass is 9.68. The Morgan fingerprint density at radius 2 is 1.00 bits per heavy atom. The van der Waals surface area contributed by atoms with Crippen molar-refractivity contribution in [3.05, 3.63) is 0 Å². The monoisotopic (exact) mass is 218 g/mol. The molecule has 3 heteroatoms. The van der Waals surface area contributed by atoms with Gasteiger partial charge < -0.3 is 15.3 Å². The van der Waals surface area contributed by atoms with Crippen molar-refractivity contribution >= 4 is 0 Å². The van der Waals surface area contributed by atoms with Crippen LogP contribution in [0.4, 0.5) is 0 Å². The first-order valence-corrected chi connectivity index (χ1v) is 6.05. The van der Waals surface area contributed by atoms with E-state index in [9.17, 15) is 15.3 Å². The molecule has 0 aliphatic rings. The summed E-state index contributed by atoms with van der Waals surface area (Å²) >= 11 is 0. The molecule has 92 valence electrons. The highest BCUT2D eigenvalue weighted by molar-refractivity contribution is 4.95. The Balaban J connectivity index is 5.09. The van der Waals surface area contributed by atoms with Crippen molar-refractivity contribution in [2.24, 2.45) is 5.41 Å². The summed E-state index contributed by atoms with van der Waals surface area (Å²) in [5, 5.41) is 30.2. The molecule has 0 amide bonds. The third-order valence-corrected chi connectivity index (χ3v) is 3.63. The predicted octanol–water partition coefficient (Wildman–Crippen LogP) is 1.70. The summed E-state index contributed by atoms with van der Waals surface area (Å²) < 4.78 is 0. The molecule has 3 N–H and O–H groups in total. The molecule has 15 heavy (non-hydrogen) atoms. The van der Waals surface area contributed by atoms with Crippen LogP contribution in [0.25, 0.3) is 0 Å². The van der Waals surface area contributed by atoms with Gasteiger partial charge in [-0.2, -0.15) is 0 Å². The second-order valence-electron chi connectivity index (χ2n) is 4.24. The van der Waals surface area contributed by atoms with Crippen LogP contribution in [0.5, 0.6) is 0 Å². The molecule has 0 heterocycles. The van der Waals surface area contributed by atoms with E-state index in [1.807, 2.05) is 27.7 Å². The van der Waals surface area contributed by atoms with Gasteiger partial charge in [-0.15, -0.1) is 0 Å². The molecule has 0 bridgehead atoms. The largest absolute Gasteiger partial charge is 0.392 e. The second kappa shape index (κ2) is 6.46. The van der Waals surface area contributed by atoms with Gasteiger partial charge in [0.2, 0.25) is 0 Å². The zero-order chi connectivity index (χ0) is 12.1. The molecule has 0 aromatic rings. The Kier molecular flexibility index (Phi) is 6.41. The molecule has 0 radical (unpaired) electrons. The third kappa shape index (κ3) is 2.71. The summed E-state index contributed by atoms with van der Waals surface area (Å²) in [4.78, 5) is 0. The third-order valence-electron chi connectivity index (χ3n) is 3.63. The van der Waals surface area contributed by atoms with E-state index in [4.69, 9.17) is 0 Å². The van der Waals surface area contributed by atoms with Crippen LogP contribution >= 0.6 is 0 Å². The Hall–Kier alpha value is -0.120. The Bertz CT molecular complexity index is 144. The summed E-state index contributed by atoms with van der Waals surface area (Å²) in [5.41, 5.74) is -0.766. The first-order valence-electron chi connectivity index (χ1n) is 6.05. The lowest BCUT2D eigenvalue weighted by molar-refractivity contribution is -0.144. The van der Waals surface area contributed by atoms with E-state index in [2.05, 4.69) is 0 Å². The van der Waals surface area contributed by atoms with Gasteiger partial charge in [-0.1, -0.05) is 27.7 Å². The highest BCUT2D eigenvalue weighted by atomic mass is 16.3. The van der Waals surface area contributed by atoms with E-state index < -0.39 is 23.7 Å². The average molecular weight is 218 g/mol. The van der Waals surface area contributed by atoms with Gasteiger partial charge in [0.1, 0.15) is 0 Å². The van der Waals surface area contributed by atoms with Gasteiger partial charge in [0.15, 0.2) is 0 Å². The molecule has 0 aromatic carbocycles. The molecule has 3 atom stereocenters. The highest BCUT2D eigenvalue weighted by Gasteiger charge is 2.46. The smallest absolute Gasteiger partial charge is 0.0643 e. The molecular formula is C12H26O3. The number of rotatable bonds is 7. The van der Waals surface area contributed by atoms with Crippen LogP contribution in [-0.4, -0.2) is 33.6 Å². The van der Waals surface area contributed by atoms with Gasteiger partial charge in [0.25, 0.3) is 0 Å². The SMILES string of the molecule is CCC(O)C(CC)(C(O)CC)C(O)CC. The van der Waals surface area contributed by atoms with Gasteiger partial charge in [0.05, 0.1) is 18.3 Å².